The van der Waals surface area contributed by atoms with E-state index < -0.39 is 9.84 Å². The summed E-state index contributed by atoms with van der Waals surface area (Å²) in [6.07, 6.45) is 1.81. The van der Waals surface area contributed by atoms with Gasteiger partial charge in [-0.05, 0) is 26.4 Å². The number of sulfone groups is 1. The van der Waals surface area contributed by atoms with Crippen LogP contribution >= 0.6 is 0 Å². The molecule has 2 saturated heterocycles. The van der Waals surface area contributed by atoms with Gasteiger partial charge in [-0.1, -0.05) is 0 Å². The van der Waals surface area contributed by atoms with Crippen LogP contribution in [-0.2, 0) is 14.6 Å². The molecule has 0 spiro atoms. The Kier molecular flexibility index (Phi) is 4.41. The van der Waals surface area contributed by atoms with Gasteiger partial charge in [0, 0.05) is 18.6 Å². The van der Waals surface area contributed by atoms with Crippen molar-refractivity contribution in [1.29, 1.82) is 0 Å². The molecule has 2 atom stereocenters. The number of nitrogens with one attached hydrogen (secondary N) is 1. The van der Waals surface area contributed by atoms with Crippen molar-refractivity contribution in [2.45, 2.75) is 24.9 Å². The zero-order chi connectivity index (χ0) is 12.3. The topological polar surface area (TPSA) is 58.6 Å². The predicted molar refractivity (Wildman–Crippen MR) is 66.9 cm³/mol. The molecule has 0 saturated carbocycles. The first-order valence-electron chi connectivity index (χ1n) is 6.28. The first-order valence-corrected chi connectivity index (χ1v) is 8.11. The second kappa shape index (κ2) is 5.65. The largest absolute Gasteiger partial charge is 0.379 e. The van der Waals surface area contributed by atoms with Gasteiger partial charge in [0.15, 0.2) is 9.84 Å². The van der Waals surface area contributed by atoms with Crippen molar-refractivity contribution in [1.82, 2.24) is 10.2 Å². The summed E-state index contributed by atoms with van der Waals surface area (Å²) in [5, 5.41) is 3.41. The molecule has 6 heteroatoms. The van der Waals surface area contributed by atoms with Crippen molar-refractivity contribution in [2.75, 3.05) is 44.9 Å². The van der Waals surface area contributed by atoms with Crippen molar-refractivity contribution < 1.29 is 13.2 Å². The highest BCUT2D eigenvalue weighted by Gasteiger charge is 2.30. The fourth-order valence-corrected chi connectivity index (χ4v) is 4.28. The first-order chi connectivity index (χ1) is 8.07. The molecular weight excluding hydrogens is 240 g/mol. The lowest BCUT2D eigenvalue weighted by Gasteiger charge is -2.28. The van der Waals surface area contributed by atoms with Gasteiger partial charge in [0.05, 0.1) is 24.7 Å². The van der Waals surface area contributed by atoms with Crippen LogP contribution in [0.5, 0.6) is 0 Å². The quantitative estimate of drug-likeness (QED) is 0.739. The molecule has 0 amide bonds. The molecule has 100 valence electrons. The molecule has 2 aliphatic rings. The van der Waals surface area contributed by atoms with Gasteiger partial charge in [0.25, 0.3) is 0 Å². The second-order valence-corrected chi connectivity index (χ2v) is 7.28. The number of hydrogen-bond donors (Lipinski definition) is 1. The maximum Gasteiger partial charge on any atom is 0.151 e. The van der Waals surface area contributed by atoms with Crippen molar-refractivity contribution in [3.05, 3.63) is 0 Å². The Morgan fingerprint density at radius 1 is 1.47 bits per heavy atom. The number of morpholine rings is 1. The van der Waals surface area contributed by atoms with Crippen LogP contribution in [0.25, 0.3) is 0 Å². The van der Waals surface area contributed by atoms with Crippen molar-refractivity contribution >= 4 is 9.84 Å². The summed E-state index contributed by atoms with van der Waals surface area (Å²) in [6, 6.07) is 0.633. The van der Waals surface area contributed by atoms with E-state index in [9.17, 15) is 8.42 Å². The number of ether oxygens (including phenoxy) is 1. The van der Waals surface area contributed by atoms with Crippen LogP contribution in [-0.4, -0.2) is 70.3 Å². The third-order valence-electron chi connectivity index (χ3n) is 3.66. The summed E-state index contributed by atoms with van der Waals surface area (Å²) in [4.78, 5) is 2.18. The van der Waals surface area contributed by atoms with Crippen molar-refractivity contribution in [3.8, 4) is 0 Å². The fraction of sp³-hybridized carbons (Fsp3) is 1.00. The lowest BCUT2D eigenvalue weighted by atomic mass is 10.1. The SMILES string of the molecule is CN(CCC1COCCN1)C1CCS(=O)(=O)C1. The molecule has 2 heterocycles. The van der Waals surface area contributed by atoms with Gasteiger partial charge in [-0.3, -0.25) is 0 Å². The maximum atomic E-state index is 11.4. The van der Waals surface area contributed by atoms with E-state index in [0.29, 0.717) is 17.5 Å². The van der Waals surface area contributed by atoms with E-state index >= 15 is 0 Å². The molecule has 0 radical (unpaired) electrons. The molecule has 5 nitrogen and oxygen atoms in total. The molecule has 17 heavy (non-hydrogen) atoms. The van der Waals surface area contributed by atoms with E-state index in [1.54, 1.807) is 0 Å². The van der Waals surface area contributed by atoms with Gasteiger partial charge < -0.3 is 15.0 Å². The van der Waals surface area contributed by atoms with Gasteiger partial charge in [-0.25, -0.2) is 8.42 Å². The van der Waals surface area contributed by atoms with Crippen molar-refractivity contribution in [2.24, 2.45) is 0 Å². The minimum Gasteiger partial charge on any atom is -0.379 e. The number of hydrogen-bond acceptors (Lipinski definition) is 5. The summed E-state index contributed by atoms with van der Waals surface area (Å²) in [6.45, 7) is 3.43. The van der Waals surface area contributed by atoms with E-state index in [1.807, 2.05) is 7.05 Å². The first kappa shape index (κ1) is 13.3. The average Bonchev–Trinajstić information content (AvgIpc) is 2.68. The monoisotopic (exact) mass is 262 g/mol. The molecule has 2 unspecified atom stereocenters. The maximum absolute atomic E-state index is 11.4. The Morgan fingerprint density at radius 2 is 2.29 bits per heavy atom. The lowest BCUT2D eigenvalue weighted by Crippen LogP contribution is -2.44. The van der Waals surface area contributed by atoms with E-state index in [-0.39, 0.29) is 6.04 Å². The van der Waals surface area contributed by atoms with E-state index in [0.717, 1.165) is 39.1 Å². The molecule has 2 aliphatic heterocycles. The molecule has 0 aromatic rings. The molecule has 0 bridgehead atoms. The Labute approximate surface area is 103 Å². The average molecular weight is 262 g/mol. The van der Waals surface area contributed by atoms with Gasteiger partial charge >= 0.3 is 0 Å². The van der Waals surface area contributed by atoms with Crippen LogP contribution < -0.4 is 5.32 Å². The third kappa shape index (κ3) is 3.91. The van der Waals surface area contributed by atoms with E-state index in [4.69, 9.17) is 4.74 Å². The van der Waals surface area contributed by atoms with Gasteiger partial charge in [-0.15, -0.1) is 0 Å². The smallest absolute Gasteiger partial charge is 0.151 e. The van der Waals surface area contributed by atoms with E-state index in [1.165, 1.54) is 0 Å². The molecule has 1 N–H and O–H groups in total. The third-order valence-corrected chi connectivity index (χ3v) is 5.41. The predicted octanol–water partition coefficient (Wildman–Crippen LogP) is -0.516. The number of rotatable bonds is 4. The Hall–Kier alpha value is -0.170. The van der Waals surface area contributed by atoms with Crippen LogP contribution in [0.3, 0.4) is 0 Å². The molecular formula is C11H22N2O3S. The van der Waals surface area contributed by atoms with Crippen LogP contribution in [0.2, 0.25) is 0 Å². The summed E-state index contributed by atoms with van der Waals surface area (Å²) >= 11 is 0. The molecule has 0 aromatic carbocycles. The summed E-state index contributed by atoms with van der Waals surface area (Å²) in [5.74, 6) is 0.685. The zero-order valence-corrected chi connectivity index (χ0v) is 11.2. The highest BCUT2D eigenvalue weighted by atomic mass is 32.2. The standard InChI is InChI=1S/C11H22N2O3S/c1-13(11-3-7-17(14,15)9-11)5-2-10-8-16-6-4-12-10/h10-12H,2-9H2,1H3. The van der Waals surface area contributed by atoms with Crippen LogP contribution in [0.1, 0.15) is 12.8 Å². The van der Waals surface area contributed by atoms with E-state index in [2.05, 4.69) is 10.2 Å². The van der Waals surface area contributed by atoms with Gasteiger partial charge in [0.1, 0.15) is 0 Å². The molecule has 2 fully saturated rings. The second-order valence-electron chi connectivity index (χ2n) is 5.05. The van der Waals surface area contributed by atoms with Crippen LogP contribution in [0.15, 0.2) is 0 Å². The molecule has 2 rings (SSSR count). The minimum atomic E-state index is -2.77. The highest BCUT2D eigenvalue weighted by Crippen LogP contribution is 2.16. The minimum absolute atomic E-state index is 0.213. The Morgan fingerprint density at radius 3 is 2.88 bits per heavy atom. The molecule has 0 aromatic heterocycles. The Balaban J connectivity index is 1.72. The Bertz CT molecular complexity index is 339. The van der Waals surface area contributed by atoms with Crippen molar-refractivity contribution in [3.63, 3.8) is 0 Å². The summed E-state index contributed by atoms with van der Waals surface area (Å²) in [5.41, 5.74) is 0. The molecule has 0 aliphatic carbocycles. The highest BCUT2D eigenvalue weighted by molar-refractivity contribution is 7.91. The summed E-state index contributed by atoms with van der Waals surface area (Å²) < 4.78 is 28.2. The lowest BCUT2D eigenvalue weighted by molar-refractivity contribution is 0.0696. The van der Waals surface area contributed by atoms with Crippen LogP contribution in [0.4, 0.5) is 0 Å². The normalized spacial score (nSPS) is 33.1. The summed E-state index contributed by atoms with van der Waals surface area (Å²) in [7, 11) is -0.743. The zero-order valence-electron chi connectivity index (χ0n) is 10.4. The van der Waals surface area contributed by atoms with Crippen LogP contribution in [0, 0.1) is 0 Å². The fourth-order valence-electron chi connectivity index (χ4n) is 2.47. The number of nitrogens with zero attached hydrogens (tertiary/aromatic N) is 1. The van der Waals surface area contributed by atoms with Gasteiger partial charge in [0.2, 0.25) is 0 Å². The van der Waals surface area contributed by atoms with Gasteiger partial charge in [-0.2, -0.15) is 0 Å².